The Bertz CT molecular complexity index is 112. The molecule has 7 heteroatoms. The number of hydrogen-bond acceptors (Lipinski definition) is 6. The third-order valence-corrected chi connectivity index (χ3v) is 0. The van der Waals surface area contributed by atoms with Gasteiger partial charge in [-0.25, -0.2) is 15.8 Å². The smallest absolute Gasteiger partial charge is 0.696 e. The Morgan fingerprint density at radius 3 is 0.700 bits per heavy atom. The first-order valence-electron chi connectivity index (χ1n) is 1.28. The van der Waals surface area contributed by atoms with Gasteiger partial charge in [-0.2, -0.15) is 0 Å². The number of thiocyanates is 3. The normalized spacial score (nSPS) is 2.10. The van der Waals surface area contributed by atoms with E-state index in [1.54, 1.807) is 0 Å². The van der Waals surface area contributed by atoms with Crippen LogP contribution in [0.3, 0.4) is 0 Å². The molecule has 0 rings (SSSR count). The number of rotatable bonds is 0. The SMILES string of the molecule is N#C[S-].N#C[S-].N#C[S-].[Bi+3]. The van der Waals surface area contributed by atoms with E-state index in [1.165, 1.54) is 16.2 Å². The van der Waals surface area contributed by atoms with Crippen molar-refractivity contribution >= 4 is 64.1 Å². The molecule has 0 aromatic carbocycles. The van der Waals surface area contributed by atoms with Gasteiger partial charge >= 0.3 is 26.2 Å². The van der Waals surface area contributed by atoms with Crippen molar-refractivity contribution in [1.29, 1.82) is 15.8 Å². The van der Waals surface area contributed by atoms with E-state index in [4.69, 9.17) is 15.8 Å². The van der Waals surface area contributed by atoms with Crippen LogP contribution in [-0.4, -0.2) is 26.2 Å². The zero-order valence-electron chi connectivity index (χ0n) is 4.51. The van der Waals surface area contributed by atoms with E-state index < -0.39 is 0 Å². The molecule has 0 aromatic rings. The van der Waals surface area contributed by atoms with Crippen LogP contribution in [0.1, 0.15) is 0 Å². The van der Waals surface area contributed by atoms with Gasteiger partial charge < -0.3 is 37.9 Å². The Balaban J connectivity index is -0.0000000257. The quantitative estimate of drug-likeness (QED) is 0.324. The average Bonchev–Trinajstić information content (AvgIpc) is 1.70. The molecule has 0 N–H and O–H groups in total. The summed E-state index contributed by atoms with van der Waals surface area (Å²) in [6, 6.07) is 0. The molecule has 0 unspecified atom stereocenters. The maximum absolute atomic E-state index is 7.13. The van der Waals surface area contributed by atoms with Crippen molar-refractivity contribution in [3.8, 4) is 16.2 Å². The minimum absolute atomic E-state index is 0. The molecule has 0 atom stereocenters. The summed E-state index contributed by atoms with van der Waals surface area (Å²) >= 11 is 11.1. The van der Waals surface area contributed by atoms with Crippen LogP contribution in [0.2, 0.25) is 0 Å². The van der Waals surface area contributed by atoms with Gasteiger partial charge in [0.15, 0.2) is 0 Å². The first-order valence-corrected chi connectivity index (χ1v) is 2.51. The molecule has 0 aliphatic rings. The molecule has 3 nitrogen and oxygen atoms in total. The van der Waals surface area contributed by atoms with Gasteiger partial charge in [-0.05, 0) is 0 Å². The second-order valence-corrected chi connectivity index (χ2v) is 0.822. The van der Waals surface area contributed by atoms with Crippen molar-refractivity contribution in [2.45, 2.75) is 0 Å². The zero-order valence-corrected chi connectivity index (χ0v) is 10.4. The van der Waals surface area contributed by atoms with E-state index in [0.29, 0.717) is 0 Å². The molecule has 0 saturated heterocycles. The Morgan fingerprint density at radius 2 is 0.700 bits per heavy atom. The van der Waals surface area contributed by atoms with Crippen molar-refractivity contribution in [2.75, 3.05) is 0 Å². The van der Waals surface area contributed by atoms with E-state index in [9.17, 15) is 0 Å². The molecule has 0 aliphatic carbocycles. The number of hydrogen-bond donors (Lipinski definition) is 0. The van der Waals surface area contributed by atoms with Crippen LogP contribution < -0.4 is 0 Å². The number of nitrogens with zero attached hydrogens (tertiary/aromatic N) is 3. The van der Waals surface area contributed by atoms with Crippen molar-refractivity contribution in [3.05, 3.63) is 0 Å². The number of nitriles is 3. The summed E-state index contributed by atoms with van der Waals surface area (Å²) in [5.74, 6) is 0. The van der Waals surface area contributed by atoms with Crippen molar-refractivity contribution < 1.29 is 0 Å². The van der Waals surface area contributed by atoms with E-state index in [2.05, 4.69) is 37.9 Å². The summed E-state index contributed by atoms with van der Waals surface area (Å²) in [6.45, 7) is 0. The van der Waals surface area contributed by atoms with Crippen LogP contribution in [0.5, 0.6) is 0 Å². The Hall–Kier alpha value is 0.0131. The summed E-state index contributed by atoms with van der Waals surface area (Å²) in [5.41, 5.74) is 0. The van der Waals surface area contributed by atoms with Crippen molar-refractivity contribution in [2.24, 2.45) is 0 Å². The van der Waals surface area contributed by atoms with E-state index >= 15 is 0 Å². The standard InChI is InChI=1S/3CHNS.Bi/c3*2-1-3;/h3*3H;/q;;;+3/p-3. The predicted molar refractivity (Wildman–Crippen MR) is 44.7 cm³/mol. The Labute approximate surface area is 95.4 Å². The van der Waals surface area contributed by atoms with Gasteiger partial charge in [-0.15, -0.1) is 0 Å². The van der Waals surface area contributed by atoms with Crippen molar-refractivity contribution in [3.63, 3.8) is 0 Å². The van der Waals surface area contributed by atoms with E-state index in [-0.39, 0.29) is 26.2 Å². The Morgan fingerprint density at radius 1 is 0.700 bits per heavy atom. The first kappa shape index (κ1) is 22.5. The summed E-state index contributed by atoms with van der Waals surface area (Å²) in [7, 11) is 0. The van der Waals surface area contributed by atoms with Crippen LogP contribution in [-0.2, 0) is 37.9 Å². The summed E-state index contributed by atoms with van der Waals surface area (Å²) in [4.78, 5) is 0. The monoisotopic (exact) mass is 383 g/mol. The van der Waals surface area contributed by atoms with Crippen LogP contribution in [0.4, 0.5) is 0 Å². The molecule has 10 heavy (non-hydrogen) atoms. The predicted octanol–water partition coefficient (Wildman–Crippen LogP) is -0.338. The summed E-state index contributed by atoms with van der Waals surface area (Å²) in [6.07, 6.45) is 0. The molecule has 0 aromatic heterocycles. The molecule has 0 heterocycles. The molecule has 0 spiro atoms. The minimum Gasteiger partial charge on any atom is -0.696 e. The van der Waals surface area contributed by atoms with Crippen LogP contribution in [0.25, 0.3) is 0 Å². The minimum atomic E-state index is 0. The second-order valence-electron chi connectivity index (χ2n) is 0.274. The average molecular weight is 383 g/mol. The zero-order chi connectivity index (χ0) is 8.12. The molecule has 0 amide bonds. The van der Waals surface area contributed by atoms with Crippen LogP contribution >= 0.6 is 0 Å². The summed E-state index contributed by atoms with van der Waals surface area (Å²) < 4.78 is 0. The van der Waals surface area contributed by atoms with E-state index in [1.807, 2.05) is 0 Å². The molecule has 50 valence electrons. The fourth-order valence-corrected chi connectivity index (χ4v) is 0. The van der Waals surface area contributed by atoms with Gasteiger partial charge in [0, 0.05) is 0 Å². The van der Waals surface area contributed by atoms with Crippen LogP contribution in [0, 0.1) is 32.0 Å². The van der Waals surface area contributed by atoms with Gasteiger partial charge in [-0.3, -0.25) is 0 Å². The molecular formula is C3BiN3S3. The molecule has 0 aliphatic heterocycles. The van der Waals surface area contributed by atoms with E-state index in [0.717, 1.165) is 0 Å². The summed E-state index contributed by atoms with van der Waals surface area (Å²) in [5, 5.41) is 25.4. The van der Waals surface area contributed by atoms with Gasteiger partial charge in [0.1, 0.15) is 0 Å². The maximum Gasteiger partial charge on any atom is 3.00 e. The largest absolute Gasteiger partial charge is 3.00 e. The second kappa shape index (κ2) is 63.7. The fourth-order valence-electron chi connectivity index (χ4n) is 0. The molecular weight excluding hydrogens is 383 g/mol. The topological polar surface area (TPSA) is 71.4 Å². The first-order chi connectivity index (χ1) is 4.24. The molecule has 0 fully saturated rings. The van der Waals surface area contributed by atoms with Crippen molar-refractivity contribution in [1.82, 2.24) is 0 Å². The Kier molecular flexibility index (Phi) is 143. The molecule has 2 radical (unpaired) electrons. The fraction of sp³-hybridized carbons (Fsp3) is 0. The van der Waals surface area contributed by atoms with Gasteiger partial charge in [0.25, 0.3) is 0 Å². The van der Waals surface area contributed by atoms with Gasteiger partial charge in [0.05, 0.1) is 0 Å². The third kappa shape index (κ3) is 2290000. The maximum atomic E-state index is 7.13. The van der Waals surface area contributed by atoms with Gasteiger partial charge in [0.2, 0.25) is 0 Å². The third-order valence-electron chi connectivity index (χ3n) is 0. The molecule has 0 bridgehead atoms. The van der Waals surface area contributed by atoms with Crippen LogP contribution in [0.15, 0.2) is 0 Å². The van der Waals surface area contributed by atoms with Gasteiger partial charge in [-0.1, -0.05) is 16.2 Å². The molecule has 0 saturated carbocycles.